The standard InChI is InChI=1S/C13H27N.C2H6/c1-5-12-10-13(6-2,11-12)8-9-14(4)7-3;1-2/h12H,5-11H2,1-4H3;1-2H3. The molecule has 0 amide bonds. The third-order valence-electron chi connectivity index (χ3n) is 4.33. The summed E-state index contributed by atoms with van der Waals surface area (Å²) in [7, 11) is 2.24. The van der Waals surface area contributed by atoms with E-state index >= 15 is 0 Å². The third kappa shape index (κ3) is 4.45. The highest BCUT2D eigenvalue weighted by atomic mass is 15.1. The Morgan fingerprint density at radius 3 is 2.06 bits per heavy atom. The minimum Gasteiger partial charge on any atom is -0.307 e. The smallest absolute Gasteiger partial charge is 0.00166 e. The first-order valence-corrected chi connectivity index (χ1v) is 7.34. The van der Waals surface area contributed by atoms with Crippen LogP contribution in [0.25, 0.3) is 0 Å². The van der Waals surface area contributed by atoms with Gasteiger partial charge in [-0.15, -0.1) is 0 Å². The van der Waals surface area contributed by atoms with Crippen molar-refractivity contribution in [1.29, 1.82) is 0 Å². The average Bonchev–Trinajstić information content (AvgIpc) is 2.30. The van der Waals surface area contributed by atoms with E-state index in [4.69, 9.17) is 0 Å². The molecule has 1 saturated carbocycles. The van der Waals surface area contributed by atoms with Gasteiger partial charge in [0.05, 0.1) is 0 Å². The predicted octanol–water partition coefficient (Wildman–Crippen LogP) is 4.57. The van der Waals surface area contributed by atoms with Gasteiger partial charge in [-0.05, 0) is 50.7 Å². The van der Waals surface area contributed by atoms with Gasteiger partial charge in [-0.1, -0.05) is 47.5 Å². The summed E-state index contributed by atoms with van der Waals surface area (Å²) in [6.45, 7) is 13.4. The summed E-state index contributed by atoms with van der Waals surface area (Å²) < 4.78 is 0. The molecule has 0 spiro atoms. The number of hydrogen-bond acceptors (Lipinski definition) is 1. The predicted molar refractivity (Wildman–Crippen MR) is 74.9 cm³/mol. The van der Waals surface area contributed by atoms with E-state index in [1.54, 1.807) is 0 Å². The van der Waals surface area contributed by atoms with E-state index in [2.05, 4.69) is 32.7 Å². The SMILES string of the molecule is CC.CCC1CC(CC)(CCN(C)CC)C1. The van der Waals surface area contributed by atoms with E-state index in [0.717, 1.165) is 11.3 Å². The number of rotatable bonds is 6. The van der Waals surface area contributed by atoms with Crippen LogP contribution in [0.3, 0.4) is 0 Å². The Kier molecular flexibility index (Phi) is 8.09. The summed E-state index contributed by atoms with van der Waals surface area (Å²) in [6.07, 6.45) is 7.20. The van der Waals surface area contributed by atoms with Gasteiger partial charge in [0.2, 0.25) is 0 Å². The molecule has 0 N–H and O–H groups in total. The van der Waals surface area contributed by atoms with Gasteiger partial charge < -0.3 is 4.90 Å². The highest BCUT2D eigenvalue weighted by molar-refractivity contribution is 4.92. The molecule has 0 aromatic heterocycles. The topological polar surface area (TPSA) is 3.24 Å². The molecule has 1 rings (SSSR count). The Morgan fingerprint density at radius 2 is 1.69 bits per heavy atom. The van der Waals surface area contributed by atoms with Crippen molar-refractivity contribution in [2.24, 2.45) is 11.3 Å². The minimum absolute atomic E-state index is 0.726. The molecule has 1 fully saturated rings. The number of hydrogen-bond donors (Lipinski definition) is 0. The fourth-order valence-corrected chi connectivity index (χ4v) is 2.71. The van der Waals surface area contributed by atoms with E-state index in [-0.39, 0.29) is 0 Å². The maximum Gasteiger partial charge on any atom is -0.00166 e. The van der Waals surface area contributed by atoms with Gasteiger partial charge in [0.15, 0.2) is 0 Å². The van der Waals surface area contributed by atoms with E-state index in [0.29, 0.717) is 0 Å². The molecular weight excluding hydrogens is 194 g/mol. The van der Waals surface area contributed by atoms with Gasteiger partial charge in [-0.3, -0.25) is 0 Å². The van der Waals surface area contributed by atoms with Crippen molar-refractivity contribution in [3.05, 3.63) is 0 Å². The number of nitrogens with zero attached hydrogens (tertiary/aromatic N) is 1. The van der Waals surface area contributed by atoms with Crippen molar-refractivity contribution in [1.82, 2.24) is 4.90 Å². The molecule has 1 aliphatic carbocycles. The van der Waals surface area contributed by atoms with Gasteiger partial charge in [-0.2, -0.15) is 0 Å². The van der Waals surface area contributed by atoms with Crippen molar-refractivity contribution >= 4 is 0 Å². The first kappa shape index (κ1) is 16.0. The Balaban J connectivity index is 0.00000106. The Bertz CT molecular complexity index is 159. The molecular formula is C15H33N. The molecule has 0 bridgehead atoms. The zero-order valence-corrected chi connectivity index (χ0v) is 12.5. The molecule has 98 valence electrons. The zero-order chi connectivity index (χ0) is 12.6. The quantitative estimate of drug-likeness (QED) is 0.642. The van der Waals surface area contributed by atoms with E-state index in [9.17, 15) is 0 Å². The highest BCUT2D eigenvalue weighted by Crippen LogP contribution is 2.51. The average molecular weight is 227 g/mol. The zero-order valence-electron chi connectivity index (χ0n) is 12.5. The summed E-state index contributed by atoms with van der Waals surface area (Å²) in [5.41, 5.74) is 0.726. The van der Waals surface area contributed by atoms with Gasteiger partial charge in [-0.25, -0.2) is 0 Å². The monoisotopic (exact) mass is 227 g/mol. The molecule has 0 saturated heterocycles. The van der Waals surface area contributed by atoms with Crippen LogP contribution in [0.1, 0.15) is 66.7 Å². The lowest BCUT2D eigenvalue weighted by atomic mass is 9.58. The van der Waals surface area contributed by atoms with Crippen molar-refractivity contribution in [3.63, 3.8) is 0 Å². The fourth-order valence-electron chi connectivity index (χ4n) is 2.71. The van der Waals surface area contributed by atoms with Crippen LogP contribution in [0.15, 0.2) is 0 Å². The van der Waals surface area contributed by atoms with Crippen LogP contribution in [0.5, 0.6) is 0 Å². The maximum absolute atomic E-state index is 2.44. The second-order valence-electron chi connectivity index (χ2n) is 5.18. The summed E-state index contributed by atoms with van der Waals surface area (Å²) >= 11 is 0. The maximum atomic E-state index is 2.44. The molecule has 0 aromatic carbocycles. The lowest BCUT2D eigenvalue weighted by Crippen LogP contribution is -2.39. The minimum atomic E-state index is 0.726. The van der Waals surface area contributed by atoms with Gasteiger partial charge in [0.25, 0.3) is 0 Å². The first-order valence-electron chi connectivity index (χ1n) is 7.34. The van der Waals surface area contributed by atoms with Crippen LogP contribution in [0, 0.1) is 11.3 Å². The van der Waals surface area contributed by atoms with Crippen molar-refractivity contribution in [3.8, 4) is 0 Å². The van der Waals surface area contributed by atoms with Crippen LogP contribution < -0.4 is 0 Å². The van der Waals surface area contributed by atoms with Crippen LogP contribution in [0.4, 0.5) is 0 Å². The normalized spacial score (nSPS) is 28.3. The molecule has 1 nitrogen and oxygen atoms in total. The molecule has 16 heavy (non-hydrogen) atoms. The largest absolute Gasteiger partial charge is 0.307 e. The van der Waals surface area contributed by atoms with Gasteiger partial charge in [0, 0.05) is 0 Å². The fraction of sp³-hybridized carbons (Fsp3) is 1.00. The third-order valence-corrected chi connectivity index (χ3v) is 4.33. The summed E-state index contributed by atoms with van der Waals surface area (Å²) in [6, 6.07) is 0. The second kappa shape index (κ2) is 8.11. The molecule has 0 heterocycles. The molecule has 0 aromatic rings. The van der Waals surface area contributed by atoms with Crippen LogP contribution in [-0.2, 0) is 0 Å². The Morgan fingerprint density at radius 1 is 1.12 bits per heavy atom. The molecule has 1 heteroatoms. The van der Waals surface area contributed by atoms with E-state index in [1.807, 2.05) is 13.8 Å². The van der Waals surface area contributed by atoms with E-state index < -0.39 is 0 Å². The molecule has 0 atom stereocenters. The molecule has 1 aliphatic rings. The van der Waals surface area contributed by atoms with Gasteiger partial charge in [0.1, 0.15) is 0 Å². The Hall–Kier alpha value is -0.0400. The summed E-state index contributed by atoms with van der Waals surface area (Å²) in [5, 5.41) is 0. The van der Waals surface area contributed by atoms with Crippen LogP contribution >= 0.6 is 0 Å². The lowest BCUT2D eigenvalue weighted by Gasteiger charge is -2.48. The van der Waals surface area contributed by atoms with Crippen molar-refractivity contribution in [2.75, 3.05) is 20.1 Å². The van der Waals surface area contributed by atoms with E-state index in [1.165, 1.54) is 45.2 Å². The Labute approximate surface area is 104 Å². The highest BCUT2D eigenvalue weighted by Gasteiger charge is 2.40. The second-order valence-corrected chi connectivity index (χ2v) is 5.18. The molecule has 0 radical (unpaired) electrons. The first-order chi connectivity index (χ1) is 7.65. The van der Waals surface area contributed by atoms with Crippen molar-refractivity contribution < 1.29 is 0 Å². The summed E-state index contributed by atoms with van der Waals surface area (Å²) in [4.78, 5) is 2.44. The summed E-state index contributed by atoms with van der Waals surface area (Å²) in [5.74, 6) is 1.04. The van der Waals surface area contributed by atoms with Gasteiger partial charge >= 0.3 is 0 Å². The lowest BCUT2D eigenvalue weighted by molar-refractivity contribution is 0.0299. The van der Waals surface area contributed by atoms with Crippen molar-refractivity contribution in [2.45, 2.75) is 66.7 Å². The van der Waals surface area contributed by atoms with Crippen LogP contribution in [0.2, 0.25) is 0 Å². The molecule has 0 aliphatic heterocycles. The molecule has 0 unspecified atom stereocenters. The van der Waals surface area contributed by atoms with Crippen LogP contribution in [-0.4, -0.2) is 25.0 Å².